The van der Waals surface area contributed by atoms with Gasteiger partial charge in [-0.25, -0.2) is 4.39 Å². The summed E-state index contributed by atoms with van der Waals surface area (Å²) in [4.78, 5) is 10.6. The Labute approximate surface area is 82.9 Å². The minimum Gasteiger partial charge on any atom is -0.303 e. The molecule has 0 spiro atoms. The van der Waals surface area contributed by atoms with Gasteiger partial charge in [-0.05, 0) is 36.0 Å². The van der Waals surface area contributed by atoms with Crippen LogP contribution >= 0.6 is 0 Å². The summed E-state index contributed by atoms with van der Waals surface area (Å²) >= 11 is 0. The van der Waals surface area contributed by atoms with E-state index in [0.717, 1.165) is 23.8 Å². The molecule has 1 aliphatic rings. The number of benzene rings is 1. The maximum atomic E-state index is 13.3. The summed E-state index contributed by atoms with van der Waals surface area (Å²) in [5.41, 5.74) is 1.88. The molecule has 1 aromatic carbocycles. The normalized spacial score (nSPS) is 21.7. The van der Waals surface area contributed by atoms with E-state index in [9.17, 15) is 9.18 Å². The second-order valence-corrected chi connectivity index (χ2v) is 4.04. The predicted octanol–water partition coefficient (Wildman–Crippen LogP) is 2.38. The molecule has 0 saturated carbocycles. The van der Waals surface area contributed by atoms with Gasteiger partial charge in [0.05, 0.1) is 0 Å². The lowest BCUT2D eigenvalue weighted by molar-refractivity contribution is -0.111. The lowest BCUT2D eigenvalue weighted by Crippen LogP contribution is -2.12. The predicted molar refractivity (Wildman–Crippen MR) is 52.5 cm³/mol. The largest absolute Gasteiger partial charge is 0.303 e. The Hall–Kier alpha value is -1.18. The Morgan fingerprint density at radius 3 is 2.93 bits per heavy atom. The molecule has 0 aliphatic heterocycles. The average Bonchev–Trinajstić information content (AvgIpc) is 2.62. The molecule has 2 rings (SSSR count). The third-order valence-corrected chi connectivity index (χ3v) is 3.12. The Bertz CT molecular complexity index is 359. The molecule has 0 saturated heterocycles. The van der Waals surface area contributed by atoms with Gasteiger partial charge in [0, 0.05) is 5.92 Å². The number of fused-ring (bicyclic) bond motifs is 1. The zero-order chi connectivity index (χ0) is 10.1. The molecular weight excluding hydrogens is 179 g/mol. The van der Waals surface area contributed by atoms with Gasteiger partial charge in [0.15, 0.2) is 0 Å². The van der Waals surface area contributed by atoms with Gasteiger partial charge in [-0.15, -0.1) is 0 Å². The second kappa shape index (κ2) is 3.52. The number of hydrogen-bond donors (Lipinski definition) is 0. The zero-order valence-corrected chi connectivity index (χ0v) is 8.16. The number of halogens is 1. The summed E-state index contributed by atoms with van der Waals surface area (Å²) in [5, 5.41) is 0. The van der Waals surface area contributed by atoms with Gasteiger partial charge < -0.3 is 4.79 Å². The van der Waals surface area contributed by atoms with Crippen molar-refractivity contribution in [2.45, 2.75) is 19.8 Å². The van der Waals surface area contributed by atoms with Crippen LogP contribution in [0.25, 0.3) is 0 Å². The van der Waals surface area contributed by atoms with E-state index in [2.05, 4.69) is 0 Å². The Morgan fingerprint density at radius 1 is 1.50 bits per heavy atom. The first kappa shape index (κ1) is 9.38. The van der Waals surface area contributed by atoms with E-state index in [1.165, 1.54) is 6.07 Å². The maximum Gasteiger partial charge on any atom is 0.126 e. The third kappa shape index (κ3) is 1.45. The highest BCUT2D eigenvalue weighted by Crippen LogP contribution is 2.32. The van der Waals surface area contributed by atoms with Crippen molar-refractivity contribution < 1.29 is 9.18 Å². The minimum absolute atomic E-state index is 0.0294. The van der Waals surface area contributed by atoms with Crippen molar-refractivity contribution in [3.05, 3.63) is 35.1 Å². The smallest absolute Gasteiger partial charge is 0.126 e. The molecule has 0 aromatic heterocycles. The Kier molecular flexibility index (Phi) is 2.36. The number of aldehydes is 1. The van der Waals surface area contributed by atoms with Crippen LogP contribution in [0.5, 0.6) is 0 Å². The molecule has 2 heteroatoms. The topological polar surface area (TPSA) is 17.1 Å². The monoisotopic (exact) mass is 192 g/mol. The SMILES string of the molecule is CC(C=O)C1Cc2cccc(F)c2C1. The van der Waals surface area contributed by atoms with Crippen molar-refractivity contribution in [3.63, 3.8) is 0 Å². The first-order valence-electron chi connectivity index (χ1n) is 4.94. The van der Waals surface area contributed by atoms with Crippen molar-refractivity contribution in [1.29, 1.82) is 0 Å². The molecule has 2 unspecified atom stereocenters. The number of carbonyl (C=O) groups is 1. The van der Waals surface area contributed by atoms with Gasteiger partial charge in [0.1, 0.15) is 12.1 Å². The quantitative estimate of drug-likeness (QED) is 0.657. The summed E-state index contributed by atoms with van der Waals surface area (Å²) in [6.45, 7) is 1.90. The third-order valence-electron chi connectivity index (χ3n) is 3.12. The van der Waals surface area contributed by atoms with Crippen molar-refractivity contribution in [3.8, 4) is 0 Å². The van der Waals surface area contributed by atoms with Gasteiger partial charge in [-0.1, -0.05) is 19.1 Å². The maximum absolute atomic E-state index is 13.3. The molecule has 14 heavy (non-hydrogen) atoms. The van der Waals surface area contributed by atoms with Crippen LogP contribution in [-0.4, -0.2) is 6.29 Å². The summed E-state index contributed by atoms with van der Waals surface area (Å²) < 4.78 is 13.3. The summed E-state index contributed by atoms with van der Waals surface area (Å²) in [5.74, 6) is 0.198. The second-order valence-electron chi connectivity index (χ2n) is 4.04. The van der Waals surface area contributed by atoms with Crippen molar-refractivity contribution in [2.24, 2.45) is 11.8 Å². The van der Waals surface area contributed by atoms with Crippen LogP contribution in [0.3, 0.4) is 0 Å². The van der Waals surface area contributed by atoms with E-state index in [1.807, 2.05) is 13.0 Å². The molecular formula is C12H13FO. The van der Waals surface area contributed by atoms with E-state index < -0.39 is 0 Å². The molecule has 0 heterocycles. The van der Waals surface area contributed by atoms with Gasteiger partial charge in [0.25, 0.3) is 0 Å². The lowest BCUT2D eigenvalue weighted by atomic mass is 9.93. The van der Waals surface area contributed by atoms with Crippen LogP contribution in [0.15, 0.2) is 18.2 Å². The number of hydrogen-bond acceptors (Lipinski definition) is 1. The molecule has 0 bridgehead atoms. The fourth-order valence-electron chi connectivity index (χ4n) is 2.12. The molecule has 1 aliphatic carbocycles. The van der Waals surface area contributed by atoms with E-state index in [4.69, 9.17) is 0 Å². The molecule has 0 N–H and O–H groups in total. The standard InChI is InChI=1S/C12H13FO/c1-8(7-14)10-5-9-3-2-4-12(13)11(9)6-10/h2-4,7-8,10H,5-6H2,1H3. The highest BCUT2D eigenvalue weighted by Gasteiger charge is 2.27. The molecule has 1 nitrogen and oxygen atoms in total. The Morgan fingerprint density at radius 2 is 2.29 bits per heavy atom. The zero-order valence-electron chi connectivity index (χ0n) is 8.16. The number of carbonyl (C=O) groups excluding carboxylic acids is 1. The van der Waals surface area contributed by atoms with Crippen LogP contribution in [0.4, 0.5) is 4.39 Å². The summed E-state index contributed by atoms with van der Waals surface area (Å²) in [6.07, 6.45) is 2.52. The van der Waals surface area contributed by atoms with Gasteiger partial charge in [-0.3, -0.25) is 0 Å². The molecule has 0 radical (unpaired) electrons. The van der Waals surface area contributed by atoms with Crippen molar-refractivity contribution in [1.82, 2.24) is 0 Å². The first-order chi connectivity index (χ1) is 6.72. The summed E-state index contributed by atoms with van der Waals surface area (Å²) in [6, 6.07) is 5.19. The van der Waals surface area contributed by atoms with E-state index >= 15 is 0 Å². The Balaban J connectivity index is 2.26. The number of rotatable bonds is 2. The average molecular weight is 192 g/mol. The van der Waals surface area contributed by atoms with Crippen LogP contribution in [0.1, 0.15) is 18.1 Å². The van der Waals surface area contributed by atoms with E-state index in [0.29, 0.717) is 12.3 Å². The van der Waals surface area contributed by atoms with Gasteiger partial charge in [0.2, 0.25) is 0 Å². The van der Waals surface area contributed by atoms with Crippen LogP contribution < -0.4 is 0 Å². The van der Waals surface area contributed by atoms with Gasteiger partial charge in [-0.2, -0.15) is 0 Å². The fraction of sp³-hybridized carbons (Fsp3) is 0.417. The lowest BCUT2D eigenvalue weighted by Gasteiger charge is -2.10. The van der Waals surface area contributed by atoms with Crippen LogP contribution in [-0.2, 0) is 17.6 Å². The van der Waals surface area contributed by atoms with Crippen molar-refractivity contribution >= 4 is 6.29 Å². The highest BCUT2D eigenvalue weighted by atomic mass is 19.1. The van der Waals surface area contributed by atoms with E-state index in [1.54, 1.807) is 6.07 Å². The van der Waals surface area contributed by atoms with E-state index in [-0.39, 0.29) is 11.7 Å². The highest BCUT2D eigenvalue weighted by molar-refractivity contribution is 5.54. The molecule has 0 amide bonds. The first-order valence-corrected chi connectivity index (χ1v) is 4.94. The van der Waals surface area contributed by atoms with Crippen LogP contribution in [0, 0.1) is 17.7 Å². The van der Waals surface area contributed by atoms with Gasteiger partial charge >= 0.3 is 0 Å². The minimum atomic E-state index is -0.122. The fourth-order valence-corrected chi connectivity index (χ4v) is 2.12. The molecule has 74 valence electrons. The summed E-state index contributed by atoms with van der Waals surface area (Å²) in [7, 11) is 0. The van der Waals surface area contributed by atoms with Crippen molar-refractivity contribution in [2.75, 3.05) is 0 Å². The molecule has 2 atom stereocenters. The molecule has 0 fully saturated rings. The molecule has 1 aromatic rings. The van der Waals surface area contributed by atoms with Crippen LogP contribution in [0.2, 0.25) is 0 Å².